The summed E-state index contributed by atoms with van der Waals surface area (Å²) in [5, 5.41) is 22.2. The van der Waals surface area contributed by atoms with E-state index in [1.165, 1.54) is 11.0 Å². The number of carbonyl (C=O) groups is 5. The molecule has 6 unspecified atom stereocenters. The molecule has 1 amide bonds. The molecule has 3 aliphatic rings. The van der Waals surface area contributed by atoms with E-state index in [0.717, 1.165) is 5.56 Å². The number of pyridine rings is 1. The van der Waals surface area contributed by atoms with Crippen molar-refractivity contribution in [1.29, 1.82) is 0 Å². The van der Waals surface area contributed by atoms with E-state index in [4.69, 9.17) is 5.73 Å². The fourth-order valence-corrected chi connectivity index (χ4v) is 6.40. The second-order valence-corrected chi connectivity index (χ2v) is 10.0. The summed E-state index contributed by atoms with van der Waals surface area (Å²) in [6, 6.07) is 5.45. The second-order valence-electron chi connectivity index (χ2n) is 10.0. The summed E-state index contributed by atoms with van der Waals surface area (Å²) in [6.07, 6.45) is 3.44. The predicted octanol–water partition coefficient (Wildman–Crippen LogP) is -0.0710. The van der Waals surface area contributed by atoms with Crippen LogP contribution in [-0.4, -0.2) is 74.9 Å². The molecule has 186 valence electrons. The van der Waals surface area contributed by atoms with Crippen molar-refractivity contribution in [3.63, 3.8) is 0 Å². The van der Waals surface area contributed by atoms with Crippen molar-refractivity contribution >= 4 is 29.0 Å². The summed E-state index contributed by atoms with van der Waals surface area (Å²) < 4.78 is 0. The molecule has 2 aromatic rings. The Bertz CT molecular complexity index is 1340. The summed E-state index contributed by atoms with van der Waals surface area (Å²) >= 11 is 0. The number of rotatable bonds is 3. The smallest absolute Gasteiger partial charge is 0.235 e. The van der Waals surface area contributed by atoms with E-state index >= 15 is 0 Å². The Kier molecular flexibility index (Phi) is 5.42. The number of fused-ring (bicyclic) bond motifs is 3. The quantitative estimate of drug-likeness (QED) is 0.498. The Balaban J connectivity index is 1.66. The lowest BCUT2D eigenvalue weighted by Crippen LogP contribution is -2.74. The van der Waals surface area contributed by atoms with Crippen LogP contribution in [-0.2, 0) is 25.6 Å². The first kappa shape index (κ1) is 24.0. The molecule has 4 N–H and O–H groups in total. The Morgan fingerprint density at radius 3 is 2.47 bits per heavy atom. The number of benzene rings is 1. The van der Waals surface area contributed by atoms with Crippen LogP contribution in [0.5, 0.6) is 5.75 Å². The number of aromatic nitrogens is 1. The highest BCUT2D eigenvalue weighted by molar-refractivity contribution is 6.32. The number of likely N-dealkylation sites (N-methyl/N-ethyl adjacent to an activating group) is 1. The number of carbonyl (C=O) groups excluding carboxylic acids is 5. The molecule has 0 saturated heterocycles. The lowest BCUT2D eigenvalue weighted by atomic mass is 9.52. The molecule has 0 bridgehead atoms. The molecule has 2 fully saturated rings. The van der Waals surface area contributed by atoms with Gasteiger partial charge in [-0.3, -0.25) is 33.9 Å². The highest BCUT2D eigenvalue weighted by atomic mass is 16.3. The van der Waals surface area contributed by atoms with Gasteiger partial charge in [0.25, 0.3) is 0 Å². The van der Waals surface area contributed by atoms with Gasteiger partial charge in [0.05, 0.1) is 17.5 Å². The molecule has 0 spiro atoms. The maximum absolute atomic E-state index is 13.8. The van der Waals surface area contributed by atoms with E-state index in [2.05, 4.69) is 4.98 Å². The van der Waals surface area contributed by atoms with Crippen molar-refractivity contribution in [3.05, 3.63) is 47.8 Å². The van der Waals surface area contributed by atoms with Crippen molar-refractivity contribution in [2.45, 2.75) is 24.5 Å². The van der Waals surface area contributed by atoms with Crippen molar-refractivity contribution < 1.29 is 34.2 Å². The largest absolute Gasteiger partial charge is 0.507 e. The van der Waals surface area contributed by atoms with Crippen LogP contribution in [0.25, 0.3) is 11.1 Å². The fraction of sp³-hybridized carbons (Fsp3) is 0.385. The fourth-order valence-electron chi connectivity index (χ4n) is 6.40. The monoisotopic (exact) mass is 491 g/mol. The number of amides is 1. The highest BCUT2D eigenvalue weighted by Crippen LogP contribution is 2.51. The third kappa shape index (κ3) is 3.11. The van der Waals surface area contributed by atoms with Crippen molar-refractivity contribution in [1.82, 2.24) is 9.88 Å². The molecule has 0 radical (unpaired) electrons. The highest BCUT2D eigenvalue weighted by Gasteiger charge is 2.69. The van der Waals surface area contributed by atoms with Crippen LogP contribution >= 0.6 is 0 Å². The van der Waals surface area contributed by atoms with E-state index in [-0.39, 0.29) is 24.2 Å². The van der Waals surface area contributed by atoms with Gasteiger partial charge in [-0.15, -0.1) is 0 Å². The van der Waals surface area contributed by atoms with Crippen LogP contribution in [0.3, 0.4) is 0 Å². The zero-order chi connectivity index (χ0) is 26.1. The molecule has 1 aromatic heterocycles. The number of phenolic OH excluding ortho intramolecular Hbond substituents is 1. The van der Waals surface area contributed by atoms with E-state index in [0.29, 0.717) is 11.1 Å². The SMILES string of the molecule is CN(C)C1C(=O)C(C(N)=O)C(=O)C2(O)C(=O)C3C(=O)c4c(O)ccc(-c5cccnc5)c4CC3CC12. The molecule has 10 heteroatoms. The molecule has 2 saturated carbocycles. The summed E-state index contributed by atoms with van der Waals surface area (Å²) in [4.78, 5) is 71.5. The zero-order valence-electron chi connectivity index (χ0n) is 19.7. The van der Waals surface area contributed by atoms with Crippen LogP contribution in [0.4, 0.5) is 0 Å². The minimum atomic E-state index is -2.73. The summed E-state index contributed by atoms with van der Waals surface area (Å²) in [5.41, 5.74) is 4.49. The third-order valence-electron chi connectivity index (χ3n) is 7.92. The molecule has 5 rings (SSSR count). The Hall–Kier alpha value is -3.76. The number of hydrogen-bond acceptors (Lipinski definition) is 9. The van der Waals surface area contributed by atoms with E-state index < -0.39 is 64.4 Å². The Morgan fingerprint density at radius 1 is 1.14 bits per heavy atom. The van der Waals surface area contributed by atoms with Gasteiger partial charge < -0.3 is 15.9 Å². The molecule has 1 aromatic carbocycles. The molecular weight excluding hydrogens is 466 g/mol. The molecular formula is C26H25N3O7. The number of primary amides is 1. The number of aliphatic hydroxyl groups is 1. The number of phenols is 1. The van der Waals surface area contributed by atoms with Crippen LogP contribution in [0.2, 0.25) is 0 Å². The van der Waals surface area contributed by atoms with Crippen LogP contribution in [0.1, 0.15) is 22.3 Å². The van der Waals surface area contributed by atoms with Gasteiger partial charge in [0, 0.05) is 23.9 Å². The molecule has 36 heavy (non-hydrogen) atoms. The van der Waals surface area contributed by atoms with Crippen LogP contribution < -0.4 is 5.73 Å². The zero-order valence-corrected chi connectivity index (χ0v) is 19.7. The van der Waals surface area contributed by atoms with Crippen molar-refractivity contribution in [2.75, 3.05) is 14.1 Å². The van der Waals surface area contributed by atoms with Gasteiger partial charge in [0.2, 0.25) is 5.91 Å². The van der Waals surface area contributed by atoms with E-state index in [1.807, 2.05) is 6.07 Å². The number of hydrogen-bond donors (Lipinski definition) is 3. The van der Waals surface area contributed by atoms with Gasteiger partial charge in [-0.2, -0.15) is 0 Å². The van der Waals surface area contributed by atoms with Gasteiger partial charge in [-0.1, -0.05) is 12.1 Å². The van der Waals surface area contributed by atoms with Gasteiger partial charge in [0.15, 0.2) is 34.7 Å². The maximum atomic E-state index is 13.8. The number of aromatic hydroxyl groups is 1. The molecule has 0 aliphatic heterocycles. The number of nitrogens with zero attached hydrogens (tertiary/aromatic N) is 2. The molecule has 10 nitrogen and oxygen atoms in total. The molecule has 1 heterocycles. The van der Waals surface area contributed by atoms with Gasteiger partial charge >= 0.3 is 0 Å². The first-order chi connectivity index (χ1) is 17.0. The average Bonchev–Trinajstić information content (AvgIpc) is 2.81. The first-order valence-electron chi connectivity index (χ1n) is 11.6. The standard InChI is InChI=1S/C26H25N3O7/c1-29(2)20-15-9-12-8-14-13(11-4-3-7-28-10-11)5-6-16(30)18(14)21(31)17(12)23(33)26(15,36)24(34)19(22(20)32)25(27)35/h3-7,10,12,15,17,19-20,30,36H,8-9H2,1-2H3,(H2,27,35). The first-order valence-corrected chi connectivity index (χ1v) is 11.6. The lowest BCUT2D eigenvalue weighted by Gasteiger charge is -2.52. The topological polar surface area (TPSA) is 168 Å². The second kappa shape index (κ2) is 8.14. The van der Waals surface area contributed by atoms with Gasteiger partial charge in [-0.05, 0) is 56.1 Å². The normalized spacial score (nSPS) is 31.6. The average molecular weight is 492 g/mol. The molecule has 6 atom stereocenters. The van der Waals surface area contributed by atoms with Crippen molar-refractivity contribution in [2.24, 2.45) is 29.4 Å². The minimum Gasteiger partial charge on any atom is -0.507 e. The maximum Gasteiger partial charge on any atom is 0.235 e. The van der Waals surface area contributed by atoms with Crippen LogP contribution in [0.15, 0.2) is 36.7 Å². The van der Waals surface area contributed by atoms with E-state index in [9.17, 15) is 34.2 Å². The minimum absolute atomic E-state index is 0.00598. The summed E-state index contributed by atoms with van der Waals surface area (Å²) in [6.45, 7) is 0. The summed E-state index contributed by atoms with van der Waals surface area (Å²) in [5.74, 6) is -10.6. The lowest BCUT2D eigenvalue weighted by molar-refractivity contribution is -0.181. The predicted molar refractivity (Wildman–Crippen MR) is 125 cm³/mol. The third-order valence-corrected chi connectivity index (χ3v) is 7.92. The number of nitrogens with two attached hydrogens (primary N) is 1. The van der Waals surface area contributed by atoms with Gasteiger partial charge in [-0.25, -0.2) is 0 Å². The van der Waals surface area contributed by atoms with Crippen molar-refractivity contribution in [3.8, 4) is 16.9 Å². The van der Waals surface area contributed by atoms with E-state index in [1.54, 1.807) is 38.6 Å². The number of Topliss-reactive ketones (excluding diaryl/α,β-unsaturated/α-hetero) is 4. The number of ketones is 4. The molecule has 3 aliphatic carbocycles. The van der Waals surface area contributed by atoms with Crippen LogP contribution in [0, 0.1) is 23.7 Å². The Labute approximate surface area is 206 Å². The van der Waals surface area contributed by atoms with Gasteiger partial charge in [0.1, 0.15) is 5.75 Å². The summed E-state index contributed by atoms with van der Waals surface area (Å²) in [7, 11) is 3.10. The Morgan fingerprint density at radius 2 is 1.86 bits per heavy atom.